The summed E-state index contributed by atoms with van der Waals surface area (Å²) in [5, 5.41) is 2.67. The molecule has 1 aromatic heterocycles. The third-order valence-electron chi connectivity index (χ3n) is 3.54. The van der Waals surface area contributed by atoms with Gasteiger partial charge in [0.1, 0.15) is 5.82 Å². The average molecular weight is 347 g/mol. The van der Waals surface area contributed by atoms with E-state index in [4.69, 9.17) is 0 Å². The van der Waals surface area contributed by atoms with Crippen molar-refractivity contribution < 1.29 is 13.2 Å². The standard InChI is InChI=1S/C17H21N3O3S/c1-12-6-7-13(2)15(11-12)24(22,23)19-10-8-16(21)20-17-14(3)5-4-9-18-17/h4-7,9,11,19H,8,10H2,1-3H3,(H,18,20,21). The van der Waals surface area contributed by atoms with E-state index in [0.717, 1.165) is 11.1 Å². The molecule has 24 heavy (non-hydrogen) atoms. The zero-order chi connectivity index (χ0) is 17.7. The van der Waals surface area contributed by atoms with E-state index in [1.807, 2.05) is 26.0 Å². The van der Waals surface area contributed by atoms with Gasteiger partial charge in [0.15, 0.2) is 0 Å². The quantitative estimate of drug-likeness (QED) is 0.839. The molecule has 2 rings (SSSR count). The predicted octanol–water partition coefficient (Wildman–Crippen LogP) is 2.31. The molecule has 0 atom stereocenters. The minimum atomic E-state index is -3.64. The molecular formula is C17H21N3O3S. The van der Waals surface area contributed by atoms with Gasteiger partial charge < -0.3 is 5.32 Å². The van der Waals surface area contributed by atoms with Crippen molar-refractivity contribution in [3.8, 4) is 0 Å². The van der Waals surface area contributed by atoms with Crippen LogP contribution < -0.4 is 10.0 Å². The molecule has 0 bridgehead atoms. The number of carbonyl (C=O) groups is 1. The number of sulfonamides is 1. The van der Waals surface area contributed by atoms with Crippen LogP contribution in [-0.4, -0.2) is 25.9 Å². The van der Waals surface area contributed by atoms with Crippen LogP contribution in [0, 0.1) is 20.8 Å². The fourth-order valence-electron chi connectivity index (χ4n) is 2.18. The Hall–Kier alpha value is -2.25. The van der Waals surface area contributed by atoms with Gasteiger partial charge in [-0.2, -0.15) is 0 Å². The molecule has 0 spiro atoms. The number of anilines is 1. The van der Waals surface area contributed by atoms with Crippen LogP contribution in [0.2, 0.25) is 0 Å². The lowest BCUT2D eigenvalue weighted by atomic mass is 10.2. The van der Waals surface area contributed by atoms with E-state index in [-0.39, 0.29) is 23.8 Å². The molecule has 0 saturated carbocycles. The second-order valence-corrected chi connectivity index (χ2v) is 7.37. The number of amides is 1. The summed E-state index contributed by atoms with van der Waals surface area (Å²) in [4.78, 5) is 16.2. The van der Waals surface area contributed by atoms with E-state index < -0.39 is 10.0 Å². The van der Waals surface area contributed by atoms with Crippen LogP contribution in [0.1, 0.15) is 23.1 Å². The van der Waals surface area contributed by atoms with E-state index >= 15 is 0 Å². The molecule has 128 valence electrons. The molecule has 7 heteroatoms. The van der Waals surface area contributed by atoms with Crippen LogP contribution in [0.3, 0.4) is 0 Å². The molecule has 0 unspecified atom stereocenters. The first-order chi connectivity index (χ1) is 11.3. The summed E-state index contributed by atoms with van der Waals surface area (Å²) in [5.74, 6) is 0.195. The number of hydrogen-bond donors (Lipinski definition) is 2. The van der Waals surface area contributed by atoms with Crippen LogP contribution in [-0.2, 0) is 14.8 Å². The third-order valence-corrected chi connectivity index (χ3v) is 5.15. The van der Waals surface area contributed by atoms with Gasteiger partial charge in [0.2, 0.25) is 15.9 Å². The Morgan fingerprint density at radius 2 is 1.88 bits per heavy atom. The number of benzene rings is 1. The van der Waals surface area contributed by atoms with Gasteiger partial charge in [-0.05, 0) is 49.6 Å². The van der Waals surface area contributed by atoms with Gasteiger partial charge >= 0.3 is 0 Å². The van der Waals surface area contributed by atoms with Crippen LogP contribution in [0.5, 0.6) is 0 Å². The number of aryl methyl sites for hydroxylation is 3. The Kier molecular flexibility index (Phi) is 5.69. The highest BCUT2D eigenvalue weighted by Gasteiger charge is 2.17. The number of rotatable bonds is 6. The molecular weight excluding hydrogens is 326 g/mol. The Morgan fingerprint density at radius 3 is 2.58 bits per heavy atom. The summed E-state index contributed by atoms with van der Waals surface area (Å²) >= 11 is 0. The van der Waals surface area contributed by atoms with Gasteiger partial charge in [-0.25, -0.2) is 18.1 Å². The third kappa shape index (κ3) is 4.62. The van der Waals surface area contributed by atoms with Gasteiger partial charge in [-0.3, -0.25) is 4.79 Å². The summed E-state index contributed by atoms with van der Waals surface area (Å²) in [6, 6.07) is 8.86. The monoisotopic (exact) mass is 347 g/mol. The molecule has 2 aromatic rings. The Balaban J connectivity index is 1.94. The number of nitrogens with one attached hydrogen (secondary N) is 2. The van der Waals surface area contributed by atoms with Crippen molar-refractivity contribution >= 4 is 21.7 Å². The zero-order valence-electron chi connectivity index (χ0n) is 14.0. The first-order valence-electron chi connectivity index (χ1n) is 7.58. The van der Waals surface area contributed by atoms with Crippen LogP contribution in [0.15, 0.2) is 41.4 Å². The predicted molar refractivity (Wildman–Crippen MR) is 93.3 cm³/mol. The Bertz CT molecular complexity index is 848. The summed E-state index contributed by atoms with van der Waals surface area (Å²) in [5.41, 5.74) is 2.38. The maximum atomic E-state index is 12.3. The van der Waals surface area contributed by atoms with Crippen molar-refractivity contribution in [2.75, 3.05) is 11.9 Å². The van der Waals surface area contributed by atoms with E-state index in [1.165, 1.54) is 0 Å². The summed E-state index contributed by atoms with van der Waals surface area (Å²) < 4.78 is 27.2. The SMILES string of the molecule is Cc1ccc(C)c(S(=O)(=O)NCCC(=O)Nc2ncccc2C)c1. The van der Waals surface area contributed by atoms with E-state index in [9.17, 15) is 13.2 Å². The first kappa shape index (κ1) is 18.1. The number of nitrogens with zero attached hydrogens (tertiary/aromatic N) is 1. The van der Waals surface area contributed by atoms with Crippen molar-refractivity contribution in [1.82, 2.24) is 9.71 Å². The van der Waals surface area contributed by atoms with Gasteiger partial charge in [-0.1, -0.05) is 18.2 Å². The molecule has 0 aliphatic rings. The second-order valence-electron chi connectivity index (χ2n) is 5.63. The molecule has 1 aromatic carbocycles. The lowest BCUT2D eigenvalue weighted by Gasteiger charge is -2.10. The van der Waals surface area contributed by atoms with Crippen LogP contribution in [0.25, 0.3) is 0 Å². The number of aromatic nitrogens is 1. The molecule has 0 saturated heterocycles. The Labute approximate surface area is 142 Å². The number of hydrogen-bond acceptors (Lipinski definition) is 4. The highest BCUT2D eigenvalue weighted by Crippen LogP contribution is 2.16. The molecule has 0 aliphatic carbocycles. The van der Waals surface area contributed by atoms with E-state index in [1.54, 1.807) is 31.3 Å². The summed E-state index contributed by atoms with van der Waals surface area (Å²) in [6.45, 7) is 5.44. The minimum absolute atomic E-state index is 0.0213. The normalized spacial score (nSPS) is 11.3. The molecule has 1 heterocycles. The molecule has 0 fully saturated rings. The fraction of sp³-hybridized carbons (Fsp3) is 0.294. The van der Waals surface area contributed by atoms with Crippen LogP contribution >= 0.6 is 0 Å². The van der Waals surface area contributed by atoms with Crippen LogP contribution in [0.4, 0.5) is 5.82 Å². The molecule has 2 N–H and O–H groups in total. The smallest absolute Gasteiger partial charge is 0.240 e. The molecule has 6 nitrogen and oxygen atoms in total. The summed E-state index contributed by atoms with van der Waals surface area (Å²) in [7, 11) is -3.64. The first-order valence-corrected chi connectivity index (χ1v) is 9.06. The molecule has 0 aliphatic heterocycles. The average Bonchev–Trinajstić information content (AvgIpc) is 2.51. The van der Waals surface area contributed by atoms with Crippen molar-refractivity contribution in [2.24, 2.45) is 0 Å². The second kappa shape index (κ2) is 7.55. The van der Waals surface area contributed by atoms with E-state index in [2.05, 4.69) is 15.0 Å². The lowest BCUT2D eigenvalue weighted by Crippen LogP contribution is -2.28. The molecule has 0 radical (unpaired) electrons. The maximum absolute atomic E-state index is 12.3. The number of carbonyl (C=O) groups excluding carboxylic acids is 1. The maximum Gasteiger partial charge on any atom is 0.240 e. The molecule has 1 amide bonds. The largest absolute Gasteiger partial charge is 0.310 e. The lowest BCUT2D eigenvalue weighted by molar-refractivity contribution is -0.116. The highest BCUT2D eigenvalue weighted by atomic mass is 32.2. The topological polar surface area (TPSA) is 88.2 Å². The van der Waals surface area contributed by atoms with Gasteiger partial charge in [0.05, 0.1) is 4.90 Å². The van der Waals surface area contributed by atoms with Crippen molar-refractivity contribution in [1.29, 1.82) is 0 Å². The zero-order valence-corrected chi connectivity index (χ0v) is 14.8. The van der Waals surface area contributed by atoms with Gasteiger partial charge in [0.25, 0.3) is 0 Å². The summed E-state index contributed by atoms with van der Waals surface area (Å²) in [6.07, 6.45) is 1.62. The fourth-order valence-corrected chi connectivity index (χ4v) is 3.54. The number of pyridine rings is 1. The van der Waals surface area contributed by atoms with Crippen molar-refractivity contribution in [3.63, 3.8) is 0 Å². The highest BCUT2D eigenvalue weighted by molar-refractivity contribution is 7.89. The van der Waals surface area contributed by atoms with Crippen molar-refractivity contribution in [2.45, 2.75) is 32.1 Å². The van der Waals surface area contributed by atoms with Crippen molar-refractivity contribution in [3.05, 3.63) is 53.2 Å². The Morgan fingerprint density at radius 1 is 1.12 bits per heavy atom. The van der Waals surface area contributed by atoms with E-state index in [0.29, 0.717) is 11.4 Å². The van der Waals surface area contributed by atoms with Gasteiger partial charge in [-0.15, -0.1) is 0 Å². The van der Waals surface area contributed by atoms with Gasteiger partial charge in [0, 0.05) is 19.2 Å². The minimum Gasteiger partial charge on any atom is -0.310 e.